The molecule has 3 atom stereocenters. The van der Waals surface area contributed by atoms with Crippen LogP contribution in [0.4, 0.5) is 0 Å². The molecule has 0 heterocycles. The molecule has 0 aromatic rings. The minimum Gasteiger partial charge on any atom is -0.232 e. The maximum atomic E-state index is 11.6. The van der Waals surface area contributed by atoms with Crippen molar-refractivity contribution in [2.24, 2.45) is 5.41 Å². The third kappa shape index (κ3) is 4.83. The molecule has 0 fully saturated rings. The smallest absolute Gasteiger partial charge is 0.0989 e. The normalized spacial score (nSPS) is 20.2. The third-order valence-corrected chi connectivity index (χ3v) is 4.42. The molecule has 0 rings (SSSR count). The maximum absolute atomic E-state index is 11.6. The summed E-state index contributed by atoms with van der Waals surface area (Å²) in [6.45, 7) is 8.02. The number of rotatable bonds is 3. The zero-order chi connectivity index (χ0) is 9.94. The average Bonchev–Trinajstić information content (AvgIpc) is 1.85. The topological polar surface area (TPSA) is 19.9 Å². The maximum Gasteiger partial charge on any atom is 0.0989 e. The van der Waals surface area contributed by atoms with Crippen LogP contribution in [0.5, 0.6) is 0 Å². The van der Waals surface area contributed by atoms with E-state index >= 15 is 0 Å². The van der Waals surface area contributed by atoms with Crippen molar-refractivity contribution in [1.82, 2.24) is 0 Å². The molecule has 1 radical (unpaired) electrons. The van der Waals surface area contributed by atoms with Crippen molar-refractivity contribution in [2.75, 3.05) is 0 Å². The zero-order valence-electron chi connectivity index (χ0n) is 8.10. The lowest BCUT2D eigenvalue weighted by Crippen LogP contribution is -2.29. The Bertz CT molecular complexity index is 129. The summed E-state index contributed by atoms with van der Waals surface area (Å²) in [5, 5.41) is 11.6. The Kier molecular flexibility index (Phi) is 5.35. The highest BCUT2D eigenvalue weighted by Gasteiger charge is 2.27. The van der Waals surface area contributed by atoms with E-state index in [1.807, 2.05) is 20.8 Å². The number of hydrogen-bond acceptors (Lipinski definition) is 0. The molecule has 0 saturated heterocycles. The minimum absolute atomic E-state index is 0.131. The van der Waals surface area contributed by atoms with Gasteiger partial charge in [0.2, 0.25) is 0 Å². The Morgan fingerprint density at radius 3 is 1.92 bits per heavy atom. The molecule has 0 saturated carbocycles. The van der Waals surface area contributed by atoms with Crippen LogP contribution >= 0.6 is 31.9 Å². The van der Waals surface area contributed by atoms with Gasteiger partial charge in [-0.15, -0.1) is 0 Å². The van der Waals surface area contributed by atoms with Crippen LogP contribution in [0, 0.1) is 5.41 Å². The zero-order valence-corrected chi connectivity index (χ0v) is 11.3. The Morgan fingerprint density at radius 2 is 1.67 bits per heavy atom. The van der Waals surface area contributed by atoms with Crippen LogP contribution in [0.3, 0.4) is 0 Å². The fourth-order valence-electron chi connectivity index (χ4n) is 0.746. The number of halogens is 2. The minimum atomic E-state index is -0.498. The summed E-state index contributed by atoms with van der Waals surface area (Å²) in [5.41, 5.74) is -0.131. The van der Waals surface area contributed by atoms with Gasteiger partial charge < -0.3 is 0 Å². The van der Waals surface area contributed by atoms with Gasteiger partial charge in [-0.05, 0) is 11.8 Å². The van der Waals surface area contributed by atoms with E-state index in [9.17, 15) is 5.11 Å². The average molecular weight is 301 g/mol. The van der Waals surface area contributed by atoms with Crippen molar-refractivity contribution < 1.29 is 5.11 Å². The molecule has 0 aliphatic carbocycles. The van der Waals surface area contributed by atoms with Crippen molar-refractivity contribution >= 4 is 31.9 Å². The van der Waals surface area contributed by atoms with E-state index in [4.69, 9.17) is 0 Å². The van der Waals surface area contributed by atoms with Crippen LogP contribution in [-0.4, -0.2) is 15.8 Å². The monoisotopic (exact) mass is 299 g/mol. The van der Waals surface area contributed by atoms with Crippen LogP contribution < -0.4 is 0 Å². The Morgan fingerprint density at radius 1 is 1.25 bits per heavy atom. The van der Waals surface area contributed by atoms with E-state index in [1.165, 1.54) is 0 Å². The molecule has 0 aromatic heterocycles. The molecule has 0 bridgehead atoms. The molecule has 3 heteroatoms. The molecule has 12 heavy (non-hydrogen) atoms. The molecule has 0 spiro atoms. The summed E-state index contributed by atoms with van der Waals surface area (Å²) in [6, 6.07) is 0. The summed E-state index contributed by atoms with van der Waals surface area (Å²) in [4.78, 5) is 0.635. The SMILES string of the molecule is CC(Br)C(Br)CC([O])C(C)(C)C. The molecule has 0 aromatic carbocycles. The van der Waals surface area contributed by atoms with E-state index < -0.39 is 6.10 Å². The Balaban J connectivity index is 3.93. The summed E-state index contributed by atoms with van der Waals surface area (Å²) in [7, 11) is 0. The van der Waals surface area contributed by atoms with Gasteiger partial charge in [0.15, 0.2) is 0 Å². The Labute approximate surface area is 92.2 Å². The second kappa shape index (κ2) is 4.97. The first-order chi connectivity index (χ1) is 5.25. The molecule has 0 aliphatic rings. The van der Waals surface area contributed by atoms with Crippen molar-refractivity contribution in [1.29, 1.82) is 0 Å². The third-order valence-electron chi connectivity index (χ3n) is 1.90. The summed E-state index contributed by atoms with van der Waals surface area (Å²) >= 11 is 6.94. The van der Waals surface area contributed by atoms with Gasteiger partial charge in [0.25, 0.3) is 0 Å². The highest BCUT2D eigenvalue weighted by molar-refractivity contribution is 9.12. The molecule has 0 N–H and O–H groups in total. The second-order valence-electron chi connectivity index (χ2n) is 4.28. The van der Waals surface area contributed by atoms with E-state index in [0.29, 0.717) is 11.2 Å². The molecule has 0 amide bonds. The van der Waals surface area contributed by atoms with Gasteiger partial charge >= 0.3 is 0 Å². The predicted molar refractivity (Wildman–Crippen MR) is 59.7 cm³/mol. The van der Waals surface area contributed by atoms with Crippen molar-refractivity contribution in [3.63, 3.8) is 0 Å². The summed E-state index contributed by atoms with van der Waals surface area (Å²) < 4.78 is 0. The van der Waals surface area contributed by atoms with Crippen molar-refractivity contribution in [2.45, 2.75) is 49.9 Å². The molecule has 73 valence electrons. The standard InChI is InChI=1S/C9H17Br2O/c1-6(10)7(11)5-8(12)9(2,3)4/h6-8H,5H2,1-4H3. The predicted octanol–water partition coefficient (Wildman–Crippen LogP) is 3.77. The fraction of sp³-hybridized carbons (Fsp3) is 1.00. The van der Waals surface area contributed by atoms with Gasteiger partial charge in [0, 0.05) is 9.65 Å². The highest BCUT2D eigenvalue weighted by atomic mass is 79.9. The number of alkyl halides is 2. The Hall–Kier alpha value is 0.920. The molecule has 0 aliphatic heterocycles. The number of hydrogen-bond donors (Lipinski definition) is 0. The van der Waals surface area contributed by atoms with Gasteiger partial charge in [0.1, 0.15) is 0 Å². The first-order valence-corrected chi connectivity index (χ1v) is 6.02. The first-order valence-electron chi connectivity index (χ1n) is 4.19. The lowest BCUT2D eigenvalue weighted by atomic mass is 9.86. The lowest BCUT2D eigenvalue weighted by Gasteiger charge is -2.26. The van der Waals surface area contributed by atoms with Crippen molar-refractivity contribution in [3.8, 4) is 0 Å². The van der Waals surface area contributed by atoms with E-state index in [2.05, 4.69) is 38.8 Å². The quantitative estimate of drug-likeness (QED) is 0.707. The van der Waals surface area contributed by atoms with E-state index in [-0.39, 0.29) is 10.2 Å². The van der Waals surface area contributed by atoms with Crippen molar-refractivity contribution in [3.05, 3.63) is 0 Å². The van der Waals surface area contributed by atoms with Crippen LogP contribution in [0.2, 0.25) is 0 Å². The van der Waals surface area contributed by atoms with E-state index in [0.717, 1.165) is 0 Å². The van der Waals surface area contributed by atoms with Gasteiger partial charge in [-0.1, -0.05) is 59.6 Å². The largest absolute Gasteiger partial charge is 0.232 e. The second-order valence-corrected chi connectivity index (χ2v) is 6.90. The van der Waals surface area contributed by atoms with Gasteiger partial charge in [-0.3, -0.25) is 0 Å². The molecular weight excluding hydrogens is 284 g/mol. The van der Waals surface area contributed by atoms with Crippen LogP contribution in [0.15, 0.2) is 0 Å². The van der Waals surface area contributed by atoms with Gasteiger partial charge in [-0.25, -0.2) is 5.11 Å². The highest BCUT2D eigenvalue weighted by Crippen LogP contribution is 2.28. The molecule has 1 nitrogen and oxygen atoms in total. The van der Waals surface area contributed by atoms with Crippen LogP contribution in [0.1, 0.15) is 34.1 Å². The van der Waals surface area contributed by atoms with Gasteiger partial charge in [0.05, 0.1) is 6.10 Å². The fourth-order valence-corrected chi connectivity index (χ4v) is 1.30. The van der Waals surface area contributed by atoms with Gasteiger partial charge in [-0.2, -0.15) is 0 Å². The van der Waals surface area contributed by atoms with Crippen LogP contribution in [0.25, 0.3) is 0 Å². The van der Waals surface area contributed by atoms with E-state index in [1.54, 1.807) is 0 Å². The molecular formula is C9H17Br2O. The van der Waals surface area contributed by atoms with Crippen LogP contribution in [-0.2, 0) is 5.11 Å². The molecule has 3 unspecified atom stereocenters. The summed E-state index contributed by atoms with van der Waals surface area (Å²) in [6.07, 6.45) is 0.178. The first kappa shape index (κ1) is 12.9. The summed E-state index contributed by atoms with van der Waals surface area (Å²) in [5.74, 6) is 0. The lowest BCUT2D eigenvalue weighted by molar-refractivity contribution is -0.00507.